The molecule has 2 aromatic carbocycles. The molecule has 9 heteroatoms. The summed E-state index contributed by atoms with van der Waals surface area (Å²) in [6.45, 7) is 7.09. The molecule has 198 valence electrons. The van der Waals surface area contributed by atoms with Crippen LogP contribution in [-0.4, -0.2) is 33.0 Å². The van der Waals surface area contributed by atoms with Gasteiger partial charge >= 0.3 is 12.1 Å². The third-order valence-corrected chi connectivity index (χ3v) is 6.72. The van der Waals surface area contributed by atoms with Gasteiger partial charge in [-0.05, 0) is 69.9 Å². The molecule has 9 nitrogen and oxygen atoms in total. The number of nitrogens with one attached hydrogen (secondary N) is 1. The van der Waals surface area contributed by atoms with Crippen molar-refractivity contribution in [3.05, 3.63) is 71.1 Å². The lowest BCUT2D eigenvalue weighted by atomic mass is 9.79. The van der Waals surface area contributed by atoms with Crippen molar-refractivity contribution in [2.24, 2.45) is 0 Å². The normalized spacial score (nSPS) is 16.3. The molecule has 38 heavy (non-hydrogen) atoms. The minimum atomic E-state index is -1.12. The minimum Gasteiger partial charge on any atom is -0.478 e. The average molecular weight is 517 g/mol. The lowest BCUT2D eigenvalue weighted by Gasteiger charge is -2.29. The van der Waals surface area contributed by atoms with Gasteiger partial charge in [-0.15, -0.1) is 10.2 Å². The summed E-state index contributed by atoms with van der Waals surface area (Å²) in [6, 6.07) is 16.7. The molecular weight excluding hydrogens is 484 g/mol. The average Bonchev–Trinajstić information content (AvgIpc) is 3.54. The van der Waals surface area contributed by atoms with Gasteiger partial charge in [0.15, 0.2) is 0 Å². The van der Waals surface area contributed by atoms with E-state index in [0.29, 0.717) is 30.4 Å². The molecule has 4 rings (SSSR count). The van der Waals surface area contributed by atoms with E-state index in [1.54, 1.807) is 39.8 Å². The van der Waals surface area contributed by atoms with Gasteiger partial charge in [0.1, 0.15) is 11.1 Å². The number of aromatic carboxylic acids is 1. The quantitative estimate of drug-likeness (QED) is 0.405. The van der Waals surface area contributed by atoms with Crippen LogP contribution < -0.4 is 5.32 Å². The standard InChI is InChI=1S/C29H32N4O5/c1-27(2,3)38-26(36)31-28(4,17-19-10-6-5-7-11-19)25-33-32-23(37-25)20-14-21(24(34)35)16-22(15-20)29(18-30)12-8-9-13-29/h5-7,10-11,14-16H,8-9,12-13,17H2,1-4H3,(H,31,36)(H,34,35). The van der Waals surface area contributed by atoms with Crippen LogP contribution in [0.15, 0.2) is 52.9 Å². The van der Waals surface area contributed by atoms with Crippen molar-refractivity contribution in [3.63, 3.8) is 0 Å². The monoisotopic (exact) mass is 516 g/mol. The zero-order valence-electron chi connectivity index (χ0n) is 22.1. The van der Waals surface area contributed by atoms with E-state index in [2.05, 4.69) is 21.6 Å². The fourth-order valence-electron chi connectivity index (χ4n) is 4.86. The summed E-state index contributed by atoms with van der Waals surface area (Å²) in [4.78, 5) is 24.7. The number of hydrogen-bond donors (Lipinski definition) is 2. The summed E-state index contributed by atoms with van der Waals surface area (Å²) in [6.07, 6.45) is 2.83. The Labute approximate surface area is 221 Å². The molecule has 0 bridgehead atoms. The predicted molar refractivity (Wildman–Crippen MR) is 139 cm³/mol. The third kappa shape index (κ3) is 5.86. The SMILES string of the molecule is CC(C)(C)OC(=O)NC(C)(Cc1ccccc1)c1nnc(-c2cc(C(=O)O)cc(C3(C#N)CCCC3)c2)o1. The van der Waals surface area contributed by atoms with E-state index in [9.17, 15) is 20.0 Å². The molecule has 1 aliphatic carbocycles. The summed E-state index contributed by atoms with van der Waals surface area (Å²) in [5, 5.41) is 31.1. The highest BCUT2D eigenvalue weighted by Crippen LogP contribution is 2.42. The van der Waals surface area contributed by atoms with Crippen molar-refractivity contribution >= 4 is 12.1 Å². The number of carbonyl (C=O) groups is 2. The first kappa shape index (κ1) is 26.9. The molecule has 1 aliphatic rings. The number of ether oxygens (including phenoxy) is 1. The number of alkyl carbamates (subject to hydrolysis) is 1. The number of nitriles is 1. The lowest BCUT2D eigenvalue weighted by Crippen LogP contribution is -2.47. The Kier molecular flexibility index (Phi) is 7.27. The van der Waals surface area contributed by atoms with Crippen molar-refractivity contribution in [1.29, 1.82) is 5.26 Å². The molecule has 1 amide bonds. The van der Waals surface area contributed by atoms with Crippen LogP contribution >= 0.6 is 0 Å². The van der Waals surface area contributed by atoms with Gasteiger partial charge in [-0.25, -0.2) is 9.59 Å². The molecule has 0 saturated heterocycles. The van der Waals surface area contributed by atoms with Gasteiger partial charge in [0.25, 0.3) is 0 Å². The number of nitrogens with zero attached hydrogens (tertiary/aromatic N) is 3. The molecule has 2 N–H and O–H groups in total. The van der Waals surface area contributed by atoms with E-state index < -0.39 is 28.6 Å². The highest BCUT2D eigenvalue weighted by Gasteiger charge is 2.38. The molecule has 1 fully saturated rings. The van der Waals surface area contributed by atoms with Crippen LogP contribution in [0, 0.1) is 11.3 Å². The second kappa shape index (κ2) is 10.3. The number of aromatic nitrogens is 2. The fraction of sp³-hybridized carbons (Fsp3) is 0.414. The molecule has 0 radical (unpaired) electrons. The van der Waals surface area contributed by atoms with Crippen LogP contribution in [0.3, 0.4) is 0 Å². The topological polar surface area (TPSA) is 138 Å². The Bertz CT molecular complexity index is 1360. The number of benzene rings is 2. The summed E-state index contributed by atoms with van der Waals surface area (Å²) in [5.74, 6) is -0.875. The Balaban J connectivity index is 1.74. The molecule has 0 spiro atoms. The van der Waals surface area contributed by atoms with E-state index in [4.69, 9.17) is 9.15 Å². The summed E-state index contributed by atoms with van der Waals surface area (Å²) in [7, 11) is 0. The number of carbonyl (C=O) groups excluding carboxylic acids is 1. The maximum absolute atomic E-state index is 12.8. The van der Waals surface area contributed by atoms with E-state index in [1.807, 2.05) is 30.3 Å². The molecule has 1 unspecified atom stereocenters. The number of carboxylic acid groups (broad SMARTS) is 1. The van der Waals surface area contributed by atoms with Crippen LogP contribution in [-0.2, 0) is 22.1 Å². The predicted octanol–water partition coefficient (Wildman–Crippen LogP) is 5.75. The van der Waals surface area contributed by atoms with Crippen LogP contribution in [0.1, 0.15) is 80.8 Å². The zero-order chi connectivity index (χ0) is 27.6. The van der Waals surface area contributed by atoms with Crippen molar-refractivity contribution in [2.45, 2.75) is 76.4 Å². The molecule has 1 atom stereocenters. The number of carboxylic acids is 1. The van der Waals surface area contributed by atoms with Gasteiger partial charge in [-0.1, -0.05) is 43.2 Å². The van der Waals surface area contributed by atoms with Crippen LogP contribution in [0.4, 0.5) is 4.79 Å². The third-order valence-electron chi connectivity index (χ3n) is 6.72. The van der Waals surface area contributed by atoms with Crippen molar-refractivity contribution in [3.8, 4) is 17.5 Å². The summed E-state index contributed by atoms with van der Waals surface area (Å²) >= 11 is 0. The minimum absolute atomic E-state index is 0.0395. The Morgan fingerprint density at radius 1 is 1.11 bits per heavy atom. The van der Waals surface area contributed by atoms with E-state index in [-0.39, 0.29) is 17.3 Å². The van der Waals surface area contributed by atoms with Gasteiger partial charge in [-0.3, -0.25) is 0 Å². The van der Waals surface area contributed by atoms with Crippen LogP contribution in [0.5, 0.6) is 0 Å². The molecular formula is C29H32N4O5. The van der Waals surface area contributed by atoms with Gasteiger partial charge in [0, 0.05) is 12.0 Å². The van der Waals surface area contributed by atoms with Crippen molar-refractivity contribution in [2.75, 3.05) is 0 Å². The number of rotatable bonds is 7. The molecule has 1 aromatic heterocycles. The van der Waals surface area contributed by atoms with Gasteiger partial charge < -0.3 is 19.6 Å². The Morgan fingerprint density at radius 3 is 2.39 bits per heavy atom. The first-order valence-electron chi connectivity index (χ1n) is 12.6. The first-order valence-corrected chi connectivity index (χ1v) is 12.6. The summed E-state index contributed by atoms with van der Waals surface area (Å²) in [5.41, 5.74) is -0.575. The number of amides is 1. The van der Waals surface area contributed by atoms with E-state index >= 15 is 0 Å². The second-order valence-corrected chi connectivity index (χ2v) is 11.0. The van der Waals surface area contributed by atoms with Crippen LogP contribution in [0.25, 0.3) is 11.5 Å². The highest BCUT2D eigenvalue weighted by atomic mass is 16.6. The fourth-order valence-corrected chi connectivity index (χ4v) is 4.86. The smallest absolute Gasteiger partial charge is 0.408 e. The number of hydrogen-bond acceptors (Lipinski definition) is 7. The van der Waals surface area contributed by atoms with Crippen LogP contribution in [0.2, 0.25) is 0 Å². The van der Waals surface area contributed by atoms with E-state index in [0.717, 1.165) is 18.4 Å². The van der Waals surface area contributed by atoms with E-state index in [1.165, 1.54) is 6.07 Å². The maximum atomic E-state index is 12.8. The van der Waals surface area contributed by atoms with Crippen molar-refractivity contribution in [1.82, 2.24) is 15.5 Å². The van der Waals surface area contributed by atoms with Gasteiger partial charge in [0.05, 0.1) is 17.0 Å². The largest absolute Gasteiger partial charge is 0.478 e. The zero-order valence-corrected chi connectivity index (χ0v) is 22.1. The molecule has 0 aliphatic heterocycles. The Morgan fingerprint density at radius 2 is 1.79 bits per heavy atom. The van der Waals surface area contributed by atoms with Gasteiger partial charge in [0.2, 0.25) is 11.8 Å². The molecule has 3 aromatic rings. The first-order chi connectivity index (χ1) is 17.9. The second-order valence-electron chi connectivity index (χ2n) is 11.0. The highest BCUT2D eigenvalue weighted by molar-refractivity contribution is 5.89. The maximum Gasteiger partial charge on any atom is 0.408 e. The molecule has 1 heterocycles. The molecule has 1 saturated carbocycles. The summed E-state index contributed by atoms with van der Waals surface area (Å²) < 4.78 is 11.6. The Hall–Kier alpha value is -4.19. The van der Waals surface area contributed by atoms with Gasteiger partial charge in [-0.2, -0.15) is 5.26 Å². The van der Waals surface area contributed by atoms with Crippen molar-refractivity contribution < 1.29 is 23.8 Å². The lowest BCUT2D eigenvalue weighted by molar-refractivity contribution is 0.0443.